The predicted octanol–water partition coefficient (Wildman–Crippen LogP) is 5.73. The highest BCUT2D eigenvalue weighted by molar-refractivity contribution is 7.80. The van der Waals surface area contributed by atoms with Crippen LogP contribution in [-0.4, -0.2) is 32.7 Å². The van der Waals surface area contributed by atoms with Gasteiger partial charge in [-0.3, -0.25) is 9.78 Å². The summed E-state index contributed by atoms with van der Waals surface area (Å²) >= 11 is 5.93. The van der Waals surface area contributed by atoms with E-state index in [0.717, 1.165) is 39.7 Å². The zero-order valence-corrected chi connectivity index (χ0v) is 23.5. The van der Waals surface area contributed by atoms with Crippen molar-refractivity contribution in [2.24, 2.45) is 0 Å². The molecule has 0 spiro atoms. The Hall–Kier alpha value is -4.24. The summed E-state index contributed by atoms with van der Waals surface area (Å²) in [7, 11) is 1.59. The molecule has 1 aliphatic heterocycles. The number of methoxy groups -OCH3 is 1. The number of rotatable bonds is 7. The van der Waals surface area contributed by atoms with Gasteiger partial charge in [0.05, 0.1) is 30.6 Å². The molecule has 2 atom stereocenters. The molecular weight excluding hydrogens is 508 g/mol. The number of ether oxygens (including phenoxy) is 1. The number of carbonyl (C=O) groups excluding carboxylic acids is 1. The first-order valence-corrected chi connectivity index (χ1v) is 13.3. The Morgan fingerprint density at radius 3 is 2.59 bits per heavy atom. The highest BCUT2D eigenvalue weighted by atomic mass is 32.1. The Labute approximate surface area is 234 Å². The maximum atomic E-state index is 12.1. The molecule has 4 aromatic rings. The number of anilines is 2. The average Bonchev–Trinajstić information content (AvgIpc) is 3.44. The molecule has 1 saturated heterocycles. The second kappa shape index (κ2) is 10.9. The standard InChI is InChI=1S/C30H32N6O2S/c1-6-27(37)33-23-12-11-21(16-25(23)38-5)36-29(28(34-30(36)39)24-9-7-8-14-31-24)22-15-19(3)35(20(22)4)26-13-10-18(2)17-32-26/h7-17,28-29H,6H2,1-5H3,(H,33,37)(H,34,39)/t28-,29-/m1/s1. The monoisotopic (exact) mass is 540 g/mol. The molecule has 4 heterocycles. The first-order chi connectivity index (χ1) is 18.8. The number of hydrogen-bond acceptors (Lipinski definition) is 5. The summed E-state index contributed by atoms with van der Waals surface area (Å²) in [5.74, 6) is 1.35. The molecule has 0 unspecified atom stereocenters. The van der Waals surface area contributed by atoms with Crippen LogP contribution in [0.25, 0.3) is 5.82 Å². The number of thiocarbonyl (C=S) groups is 1. The molecule has 9 heteroatoms. The Morgan fingerprint density at radius 2 is 1.92 bits per heavy atom. The molecule has 1 aliphatic rings. The number of aryl methyl sites for hydroxylation is 2. The molecule has 200 valence electrons. The normalized spacial score (nSPS) is 16.7. The van der Waals surface area contributed by atoms with Crippen LogP contribution in [-0.2, 0) is 4.79 Å². The lowest BCUT2D eigenvalue weighted by Gasteiger charge is -2.28. The predicted molar refractivity (Wildman–Crippen MR) is 158 cm³/mol. The SMILES string of the molecule is CCC(=O)Nc1ccc(N2C(=S)N[C@H](c3ccccn3)[C@H]2c2cc(C)n(-c3ccc(C)cn3)c2C)cc1OC. The van der Waals surface area contributed by atoms with Crippen LogP contribution in [0, 0.1) is 20.8 Å². The molecule has 3 aromatic heterocycles. The van der Waals surface area contributed by atoms with E-state index in [1.54, 1.807) is 13.3 Å². The van der Waals surface area contributed by atoms with E-state index in [4.69, 9.17) is 17.0 Å². The van der Waals surface area contributed by atoms with E-state index < -0.39 is 0 Å². The van der Waals surface area contributed by atoms with Crippen molar-refractivity contribution in [1.29, 1.82) is 0 Å². The van der Waals surface area contributed by atoms with Crippen molar-refractivity contribution >= 4 is 34.6 Å². The van der Waals surface area contributed by atoms with Gasteiger partial charge in [-0.05, 0) is 80.5 Å². The number of benzene rings is 1. The van der Waals surface area contributed by atoms with E-state index in [-0.39, 0.29) is 18.0 Å². The number of nitrogens with one attached hydrogen (secondary N) is 2. The molecule has 1 fully saturated rings. The van der Waals surface area contributed by atoms with Crippen molar-refractivity contribution in [1.82, 2.24) is 19.9 Å². The van der Waals surface area contributed by atoms with Crippen molar-refractivity contribution in [3.8, 4) is 11.6 Å². The third kappa shape index (κ3) is 4.97. The lowest BCUT2D eigenvalue weighted by atomic mass is 9.96. The van der Waals surface area contributed by atoms with Gasteiger partial charge in [-0.15, -0.1) is 0 Å². The first kappa shape index (κ1) is 26.4. The molecule has 2 N–H and O–H groups in total. The smallest absolute Gasteiger partial charge is 0.224 e. The average molecular weight is 541 g/mol. The molecule has 0 aliphatic carbocycles. The van der Waals surface area contributed by atoms with E-state index in [1.165, 1.54) is 0 Å². The maximum absolute atomic E-state index is 12.1. The van der Waals surface area contributed by atoms with E-state index in [2.05, 4.69) is 56.0 Å². The lowest BCUT2D eigenvalue weighted by molar-refractivity contribution is -0.115. The topological polar surface area (TPSA) is 84.3 Å². The summed E-state index contributed by atoms with van der Waals surface area (Å²) in [6, 6.07) is 17.6. The fourth-order valence-corrected chi connectivity index (χ4v) is 5.50. The first-order valence-electron chi connectivity index (χ1n) is 12.9. The molecule has 1 amide bonds. The van der Waals surface area contributed by atoms with Crippen molar-refractivity contribution in [3.63, 3.8) is 0 Å². The van der Waals surface area contributed by atoms with Crippen molar-refractivity contribution < 1.29 is 9.53 Å². The Balaban J connectivity index is 1.64. The van der Waals surface area contributed by atoms with Crippen LogP contribution in [0.1, 0.15) is 53.6 Å². The number of pyridine rings is 2. The van der Waals surface area contributed by atoms with Gasteiger partial charge >= 0.3 is 0 Å². The third-order valence-electron chi connectivity index (χ3n) is 7.07. The van der Waals surface area contributed by atoms with E-state index in [0.29, 0.717) is 23.0 Å². The van der Waals surface area contributed by atoms with E-state index >= 15 is 0 Å². The summed E-state index contributed by atoms with van der Waals surface area (Å²) in [5.41, 5.74) is 6.73. The molecule has 5 rings (SSSR count). The largest absolute Gasteiger partial charge is 0.494 e. The van der Waals surface area contributed by atoms with E-state index in [1.807, 2.05) is 62.5 Å². The summed E-state index contributed by atoms with van der Waals surface area (Å²) in [6.07, 6.45) is 4.06. The second-order valence-corrected chi connectivity index (χ2v) is 10.0. The molecular formula is C30H32N6O2S. The fourth-order valence-electron chi connectivity index (χ4n) is 5.15. The third-order valence-corrected chi connectivity index (χ3v) is 7.38. The second-order valence-electron chi connectivity index (χ2n) is 9.64. The lowest BCUT2D eigenvalue weighted by Crippen LogP contribution is -2.29. The fraction of sp³-hybridized carbons (Fsp3) is 0.267. The van der Waals surface area contributed by atoms with Crippen LogP contribution in [0.4, 0.5) is 11.4 Å². The number of amides is 1. The molecule has 0 bridgehead atoms. The Morgan fingerprint density at radius 1 is 1.10 bits per heavy atom. The van der Waals surface area contributed by atoms with Gasteiger partial charge in [0.1, 0.15) is 11.6 Å². The van der Waals surface area contributed by atoms with Crippen molar-refractivity contribution in [2.45, 2.75) is 46.2 Å². The van der Waals surface area contributed by atoms with Crippen LogP contribution >= 0.6 is 12.2 Å². The summed E-state index contributed by atoms with van der Waals surface area (Å²) in [5, 5.41) is 7.02. The van der Waals surface area contributed by atoms with Gasteiger partial charge in [0.2, 0.25) is 5.91 Å². The van der Waals surface area contributed by atoms with Crippen LogP contribution in [0.15, 0.2) is 67.0 Å². The quantitative estimate of drug-likeness (QED) is 0.290. The highest BCUT2D eigenvalue weighted by Crippen LogP contribution is 2.45. The zero-order valence-electron chi connectivity index (χ0n) is 22.7. The molecule has 1 aromatic carbocycles. The molecule has 0 saturated carbocycles. The van der Waals surface area contributed by atoms with Gasteiger partial charge in [-0.1, -0.05) is 19.1 Å². The van der Waals surface area contributed by atoms with Crippen LogP contribution in [0.5, 0.6) is 5.75 Å². The Bertz CT molecular complexity index is 1520. The van der Waals surface area contributed by atoms with Crippen LogP contribution in [0.2, 0.25) is 0 Å². The maximum Gasteiger partial charge on any atom is 0.224 e. The molecule has 8 nitrogen and oxygen atoms in total. The van der Waals surface area contributed by atoms with Gasteiger partial charge in [0.25, 0.3) is 0 Å². The molecule has 39 heavy (non-hydrogen) atoms. The minimum Gasteiger partial charge on any atom is -0.494 e. The molecule has 0 radical (unpaired) electrons. The van der Waals surface area contributed by atoms with Gasteiger partial charge in [-0.2, -0.15) is 0 Å². The minimum atomic E-state index is -0.196. The summed E-state index contributed by atoms with van der Waals surface area (Å²) in [6.45, 7) is 8.05. The van der Waals surface area contributed by atoms with Crippen LogP contribution < -0.4 is 20.3 Å². The van der Waals surface area contributed by atoms with Gasteiger partial charge in [0.15, 0.2) is 5.11 Å². The number of carbonyl (C=O) groups is 1. The van der Waals surface area contributed by atoms with Gasteiger partial charge in [0, 0.05) is 42.0 Å². The number of aromatic nitrogens is 3. The minimum absolute atomic E-state index is 0.0790. The summed E-state index contributed by atoms with van der Waals surface area (Å²) < 4.78 is 7.84. The number of nitrogens with zero attached hydrogens (tertiary/aromatic N) is 4. The van der Waals surface area contributed by atoms with Crippen molar-refractivity contribution in [3.05, 3.63) is 95.2 Å². The van der Waals surface area contributed by atoms with Gasteiger partial charge < -0.3 is 24.8 Å². The van der Waals surface area contributed by atoms with Crippen LogP contribution in [0.3, 0.4) is 0 Å². The van der Waals surface area contributed by atoms with E-state index in [9.17, 15) is 4.79 Å². The zero-order chi connectivity index (χ0) is 27.7. The number of hydrogen-bond donors (Lipinski definition) is 2. The van der Waals surface area contributed by atoms with Gasteiger partial charge in [-0.25, -0.2) is 4.98 Å². The Kier molecular flexibility index (Phi) is 7.34. The highest BCUT2D eigenvalue weighted by Gasteiger charge is 2.42. The van der Waals surface area contributed by atoms with Crippen molar-refractivity contribution in [2.75, 3.05) is 17.3 Å². The summed E-state index contributed by atoms with van der Waals surface area (Å²) in [4.78, 5) is 23.5.